The van der Waals surface area contributed by atoms with E-state index in [9.17, 15) is 14.4 Å². The second-order valence-corrected chi connectivity index (χ2v) is 14.7. The summed E-state index contributed by atoms with van der Waals surface area (Å²) in [6.45, 7) is 18.9. The highest BCUT2D eigenvalue weighted by Crippen LogP contribution is 2.38. The number of piperazine rings is 1. The van der Waals surface area contributed by atoms with E-state index in [-0.39, 0.29) is 26.2 Å². The molecule has 9 nitrogen and oxygen atoms in total. The summed E-state index contributed by atoms with van der Waals surface area (Å²) in [4.78, 5) is 46.9. The highest BCUT2D eigenvalue weighted by Gasteiger charge is 2.44. The number of urea groups is 1. The van der Waals surface area contributed by atoms with E-state index in [1.807, 2.05) is 38.1 Å². The van der Waals surface area contributed by atoms with Crippen molar-refractivity contribution in [2.45, 2.75) is 91.8 Å². The molecule has 0 aliphatic carbocycles. The van der Waals surface area contributed by atoms with Crippen LogP contribution in [0.2, 0.25) is 0 Å². The lowest BCUT2D eigenvalue weighted by atomic mass is 9.93. The van der Waals surface area contributed by atoms with Crippen LogP contribution in [0.3, 0.4) is 0 Å². The van der Waals surface area contributed by atoms with Gasteiger partial charge in [-0.2, -0.15) is 0 Å². The number of piperidine rings is 1. The zero-order valence-corrected chi connectivity index (χ0v) is 29.9. The standard InChI is InChI=1S/C34H46N6O3S.C2H6.2H2/c1-22-11-13-24(19-25(22)23-12-14-28(35-21-23)39-15-9-8-10-16-39)36-32(43)37-29-26(20-27(44-29)33(2,3)4)30(41)40-18-17-38(7)31(42)34(40,5)6;1-2;;/h11-14,19-21,28,35H,8-10,15-18H2,1-7H3,(H2,36,37,43);1-2H3;2*1H. The first kappa shape index (κ1) is 35.2. The van der Waals surface area contributed by atoms with Crippen LogP contribution in [0.5, 0.6) is 0 Å². The molecule has 0 saturated carbocycles. The third-order valence-electron chi connectivity index (χ3n) is 8.84. The van der Waals surface area contributed by atoms with Gasteiger partial charge in [0.1, 0.15) is 10.5 Å². The lowest BCUT2D eigenvalue weighted by molar-refractivity contribution is -0.144. The molecule has 1 atom stereocenters. The Morgan fingerprint density at radius 2 is 1.72 bits per heavy atom. The zero-order valence-electron chi connectivity index (χ0n) is 29.0. The Bertz CT molecular complexity index is 1510. The molecule has 1 aromatic carbocycles. The number of likely N-dealkylation sites (tertiary alicyclic amines) is 1. The van der Waals surface area contributed by atoms with E-state index in [1.54, 1.807) is 30.7 Å². The number of benzene rings is 1. The van der Waals surface area contributed by atoms with E-state index in [1.165, 1.54) is 30.6 Å². The molecule has 10 heteroatoms. The normalized spacial score (nSPS) is 19.9. The van der Waals surface area contributed by atoms with Crippen LogP contribution in [0.15, 0.2) is 42.6 Å². The third kappa shape index (κ3) is 7.66. The van der Waals surface area contributed by atoms with Crippen molar-refractivity contribution in [3.05, 3.63) is 64.2 Å². The molecule has 4 amide bonds. The molecule has 3 aliphatic rings. The lowest BCUT2D eigenvalue weighted by Gasteiger charge is -2.44. The number of hydrogen-bond donors (Lipinski definition) is 3. The summed E-state index contributed by atoms with van der Waals surface area (Å²) in [6, 6.07) is 7.29. The molecule has 1 unspecified atom stereocenters. The maximum absolute atomic E-state index is 13.9. The first-order valence-electron chi connectivity index (χ1n) is 16.5. The Morgan fingerprint density at radius 1 is 1.02 bits per heavy atom. The second-order valence-electron chi connectivity index (χ2n) is 13.6. The number of aryl methyl sites for hydroxylation is 1. The Morgan fingerprint density at radius 3 is 2.35 bits per heavy atom. The van der Waals surface area contributed by atoms with Crippen molar-refractivity contribution in [2.75, 3.05) is 43.9 Å². The van der Waals surface area contributed by atoms with E-state index in [4.69, 9.17) is 0 Å². The highest BCUT2D eigenvalue weighted by molar-refractivity contribution is 7.16. The van der Waals surface area contributed by atoms with Gasteiger partial charge in [-0.05, 0) is 80.0 Å². The molecule has 2 saturated heterocycles. The van der Waals surface area contributed by atoms with Crippen molar-refractivity contribution in [1.82, 2.24) is 20.0 Å². The van der Waals surface area contributed by atoms with E-state index < -0.39 is 11.6 Å². The topological polar surface area (TPSA) is 97.0 Å². The first-order valence-corrected chi connectivity index (χ1v) is 17.4. The van der Waals surface area contributed by atoms with Crippen LogP contribution in [0.25, 0.3) is 5.57 Å². The van der Waals surface area contributed by atoms with Crippen LogP contribution in [-0.2, 0) is 10.2 Å². The van der Waals surface area contributed by atoms with E-state index in [0.29, 0.717) is 29.3 Å². The lowest BCUT2D eigenvalue weighted by Crippen LogP contribution is -2.63. The molecule has 3 aliphatic heterocycles. The summed E-state index contributed by atoms with van der Waals surface area (Å²) >= 11 is 1.39. The van der Waals surface area contributed by atoms with Crippen LogP contribution in [0, 0.1) is 6.92 Å². The highest BCUT2D eigenvalue weighted by atomic mass is 32.1. The van der Waals surface area contributed by atoms with Gasteiger partial charge in [0.25, 0.3) is 5.91 Å². The van der Waals surface area contributed by atoms with Gasteiger partial charge in [0, 0.05) is 52.8 Å². The molecule has 3 N–H and O–H groups in total. The van der Waals surface area contributed by atoms with Gasteiger partial charge >= 0.3 is 6.03 Å². The number of amides is 4. The SMILES string of the molecule is CC.Cc1ccc(NC(=O)Nc2sc(C(C)(C)C)cc2C(=O)N2CCN(C)C(=O)C2(C)C)cc1C1=CNC(N2CCCCC2)C=C1.[HH].[HH]. The molecule has 254 valence electrons. The monoisotopic (exact) mass is 652 g/mol. The number of thiophene rings is 1. The average Bonchev–Trinajstić information content (AvgIpc) is 3.46. The van der Waals surface area contributed by atoms with Crippen molar-refractivity contribution in [3.8, 4) is 0 Å². The van der Waals surface area contributed by atoms with Crippen molar-refractivity contribution in [1.29, 1.82) is 0 Å². The van der Waals surface area contributed by atoms with E-state index in [2.05, 4.69) is 66.9 Å². The summed E-state index contributed by atoms with van der Waals surface area (Å²) in [6.07, 6.45) is 10.4. The van der Waals surface area contributed by atoms with Crippen molar-refractivity contribution in [3.63, 3.8) is 0 Å². The summed E-state index contributed by atoms with van der Waals surface area (Å²) < 4.78 is 0. The predicted octanol–water partition coefficient (Wildman–Crippen LogP) is 7.52. The largest absolute Gasteiger partial charge is 0.372 e. The van der Waals surface area contributed by atoms with Gasteiger partial charge in [0.15, 0.2) is 0 Å². The quantitative estimate of drug-likeness (QED) is 0.311. The van der Waals surface area contributed by atoms with Gasteiger partial charge in [-0.3, -0.25) is 19.8 Å². The fourth-order valence-corrected chi connectivity index (χ4v) is 7.17. The molecule has 4 heterocycles. The molecule has 2 aromatic rings. The van der Waals surface area contributed by atoms with Crippen LogP contribution < -0.4 is 16.0 Å². The molecule has 46 heavy (non-hydrogen) atoms. The Balaban J connectivity index is 0.00000196. The van der Waals surface area contributed by atoms with Gasteiger partial charge < -0.3 is 20.4 Å². The van der Waals surface area contributed by atoms with Gasteiger partial charge in [0.05, 0.1) is 11.7 Å². The van der Waals surface area contributed by atoms with Gasteiger partial charge in [-0.25, -0.2) is 4.79 Å². The summed E-state index contributed by atoms with van der Waals surface area (Å²) in [5, 5.41) is 9.94. The fourth-order valence-electron chi connectivity index (χ4n) is 6.07. The zero-order chi connectivity index (χ0) is 33.8. The number of likely N-dealkylation sites (N-methyl/N-ethyl adjacent to an activating group) is 1. The minimum absolute atomic E-state index is 0. The third-order valence-corrected chi connectivity index (χ3v) is 10.3. The number of allylic oxidation sites excluding steroid dienone is 2. The minimum atomic E-state index is -0.989. The smallest absolute Gasteiger partial charge is 0.324 e. The molecular weight excluding hydrogens is 597 g/mol. The fraction of sp³-hybridized carbons (Fsp3) is 0.528. The number of hydrogen-bond acceptors (Lipinski definition) is 6. The van der Waals surface area contributed by atoms with Crippen LogP contribution >= 0.6 is 11.3 Å². The Labute approximate surface area is 282 Å². The van der Waals surface area contributed by atoms with E-state index >= 15 is 0 Å². The Kier molecular flexibility index (Phi) is 11.0. The van der Waals surface area contributed by atoms with E-state index in [0.717, 1.165) is 34.7 Å². The summed E-state index contributed by atoms with van der Waals surface area (Å²) in [5.74, 6) is -0.367. The molecule has 2 fully saturated rings. The number of dihydropyridines is 1. The number of carbonyl (C=O) groups is 3. The molecular formula is C36H56N6O3S. The van der Waals surface area contributed by atoms with Crippen molar-refractivity contribution < 1.29 is 17.2 Å². The number of nitrogens with one attached hydrogen (secondary N) is 3. The number of rotatable bonds is 5. The van der Waals surface area contributed by atoms with Crippen LogP contribution in [0.1, 0.15) is 96.9 Å². The second kappa shape index (κ2) is 14.4. The summed E-state index contributed by atoms with van der Waals surface area (Å²) in [5.41, 5.74) is 3.04. The van der Waals surface area contributed by atoms with Crippen molar-refractivity contribution >= 4 is 45.4 Å². The van der Waals surface area contributed by atoms with Gasteiger partial charge in [0.2, 0.25) is 5.91 Å². The van der Waals surface area contributed by atoms with Crippen molar-refractivity contribution in [2.24, 2.45) is 0 Å². The average molecular weight is 653 g/mol. The molecule has 5 rings (SSSR count). The van der Waals surface area contributed by atoms with Crippen LogP contribution in [0.4, 0.5) is 15.5 Å². The van der Waals surface area contributed by atoms with Gasteiger partial charge in [-0.1, -0.05) is 53.2 Å². The molecule has 0 radical (unpaired) electrons. The minimum Gasteiger partial charge on any atom is -0.372 e. The molecule has 1 aromatic heterocycles. The van der Waals surface area contributed by atoms with Gasteiger partial charge in [-0.15, -0.1) is 11.3 Å². The number of carbonyl (C=O) groups excluding carboxylic acids is 3. The summed E-state index contributed by atoms with van der Waals surface area (Å²) in [7, 11) is 1.76. The number of anilines is 2. The molecule has 0 bridgehead atoms. The Hall–Kier alpha value is -3.63. The molecule has 0 spiro atoms. The maximum Gasteiger partial charge on any atom is 0.324 e. The predicted molar refractivity (Wildman–Crippen MR) is 195 cm³/mol. The number of nitrogens with zero attached hydrogens (tertiary/aromatic N) is 3. The van der Waals surface area contributed by atoms with Crippen LogP contribution in [-0.4, -0.2) is 77.5 Å². The first-order chi connectivity index (χ1) is 21.8. The maximum atomic E-state index is 13.9.